The minimum absolute atomic E-state index is 0.111. The predicted octanol–water partition coefficient (Wildman–Crippen LogP) is 4.02. The van der Waals surface area contributed by atoms with Gasteiger partial charge in [0.15, 0.2) is 0 Å². The Morgan fingerprint density at radius 1 is 1.03 bits per heavy atom. The van der Waals surface area contributed by atoms with E-state index in [4.69, 9.17) is 11.6 Å². The van der Waals surface area contributed by atoms with Gasteiger partial charge in [0.2, 0.25) is 5.91 Å². The Morgan fingerprint density at radius 3 is 2.48 bits per heavy atom. The third kappa shape index (κ3) is 4.94. The Kier molecular flexibility index (Phi) is 6.52. The molecule has 3 amide bonds. The molecule has 1 aromatic heterocycles. The van der Waals surface area contributed by atoms with Crippen molar-refractivity contribution in [3.63, 3.8) is 0 Å². The summed E-state index contributed by atoms with van der Waals surface area (Å²) in [6.45, 7) is 3.59. The Labute approximate surface area is 199 Å². The molecule has 4 rings (SSSR count). The summed E-state index contributed by atoms with van der Waals surface area (Å²) in [7, 11) is 0. The number of amides is 3. The average molecular weight is 482 g/mol. The fraction of sp³-hybridized carbons (Fsp3) is 0.174. The minimum Gasteiger partial charge on any atom is -0.273 e. The first-order valence-corrected chi connectivity index (χ1v) is 11.3. The Bertz CT molecular complexity index is 1270. The Balaban J connectivity index is 1.45. The summed E-state index contributed by atoms with van der Waals surface area (Å²) in [6, 6.07) is 14.6. The van der Waals surface area contributed by atoms with Gasteiger partial charge in [-0.25, -0.2) is 9.99 Å². The van der Waals surface area contributed by atoms with Crippen LogP contribution in [-0.2, 0) is 9.59 Å². The average Bonchev–Trinajstić information content (AvgIpc) is 3.21. The summed E-state index contributed by atoms with van der Waals surface area (Å²) in [5.41, 5.74) is 7.72. The second-order valence-corrected chi connectivity index (χ2v) is 8.80. The van der Waals surface area contributed by atoms with Crippen molar-refractivity contribution in [2.75, 3.05) is 5.01 Å². The molecule has 2 N–H and O–H groups in total. The van der Waals surface area contributed by atoms with E-state index < -0.39 is 11.8 Å². The summed E-state index contributed by atoms with van der Waals surface area (Å²) in [5.74, 6) is -1.32. The maximum Gasteiger partial charge on any atom is 0.285 e. The van der Waals surface area contributed by atoms with Crippen LogP contribution in [0.3, 0.4) is 0 Å². The topological polar surface area (TPSA) is 104 Å². The first-order chi connectivity index (χ1) is 15.8. The van der Waals surface area contributed by atoms with Crippen LogP contribution >= 0.6 is 22.9 Å². The Morgan fingerprint density at radius 2 is 1.76 bits per heavy atom. The monoisotopic (exact) mass is 481 g/mol. The number of carbonyl (C=O) groups is 3. The van der Waals surface area contributed by atoms with Crippen LogP contribution in [0, 0.1) is 13.8 Å². The van der Waals surface area contributed by atoms with Gasteiger partial charge in [-0.1, -0.05) is 48.0 Å². The molecular formula is C23H20ClN5O3S. The summed E-state index contributed by atoms with van der Waals surface area (Å²) in [6.07, 6.45) is 0.272. The molecule has 0 unspecified atom stereocenters. The lowest BCUT2D eigenvalue weighted by Crippen LogP contribution is -2.47. The molecule has 33 heavy (non-hydrogen) atoms. The molecule has 1 aliphatic heterocycles. The maximum absolute atomic E-state index is 12.6. The molecule has 0 saturated heterocycles. The number of carbonyl (C=O) groups excluding carboxylic acids is 3. The van der Waals surface area contributed by atoms with Gasteiger partial charge in [0.1, 0.15) is 15.6 Å². The molecule has 0 fully saturated rings. The minimum atomic E-state index is -0.593. The maximum atomic E-state index is 12.6. The van der Waals surface area contributed by atoms with Gasteiger partial charge >= 0.3 is 0 Å². The molecule has 10 heteroatoms. The number of halogens is 1. The molecule has 0 saturated carbocycles. The highest BCUT2D eigenvalue weighted by atomic mass is 35.5. The number of rotatable bonds is 4. The first kappa shape index (κ1) is 22.6. The van der Waals surface area contributed by atoms with E-state index in [0.717, 1.165) is 16.1 Å². The van der Waals surface area contributed by atoms with E-state index in [-0.39, 0.29) is 24.5 Å². The number of hydrogen-bond acceptors (Lipinski definition) is 6. The zero-order valence-electron chi connectivity index (χ0n) is 17.9. The molecule has 1 aliphatic rings. The van der Waals surface area contributed by atoms with Crippen molar-refractivity contribution in [3.05, 3.63) is 69.7 Å². The van der Waals surface area contributed by atoms with Crippen molar-refractivity contribution in [2.45, 2.75) is 26.7 Å². The number of benzene rings is 2. The van der Waals surface area contributed by atoms with Crippen LogP contribution in [0.1, 0.15) is 33.8 Å². The summed E-state index contributed by atoms with van der Waals surface area (Å²) >= 11 is 7.40. The third-order valence-electron chi connectivity index (χ3n) is 5.01. The molecule has 0 bridgehead atoms. The number of aromatic nitrogens is 1. The molecular weight excluding hydrogens is 462 g/mol. The number of hydrazine groups is 1. The zero-order valence-corrected chi connectivity index (χ0v) is 19.5. The van der Waals surface area contributed by atoms with E-state index in [0.29, 0.717) is 26.3 Å². The second-order valence-electron chi connectivity index (χ2n) is 7.39. The SMILES string of the molecule is Cc1ccc(N2N=C(C(=O)NNC(=O)c3sc(-c4ccccc4)nc3C)CCC2=O)cc1Cl. The van der Waals surface area contributed by atoms with E-state index in [2.05, 4.69) is 20.9 Å². The molecule has 168 valence electrons. The molecule has 0 atom stereocenters. The summed E-state index contributed by atoms with van der Waals surface area (Å²) < 4.78 is 0. The largest absolute Gasteiger partial charge is 0.285 e. The standard InChI is InChI=1S/C23H20ClN5O3S/c1-13-8-9-16(12-17(13)24)29-19(30)11-10-18(28-29)21(31)26-27-22(32)20-14(2)25-23(33-20)15-6-4-3-5-7-15/h3-9,12H,10-11H2,1-2H3,(H,26,31)(H,27,32). The predicted molar refractivity (Wildman–Crippen MR) is 128 cm³/mol. The molecule has 0 radical (unpaired) electrons. The summed E-state index contributed by atoms with van der Waals surface area (Å²) in [4.78, 5) is 42.4. The Hall–Kier alpha value is -3.56. The van der Waals surface area contributed by atoms with Crippen molar-refractivity contribution in [1.29, 1.82) is 0 Å². The lowest BCUT2D eigenvalue weighted by atomic mass is 10.1. The van der Waals surface area contributed by atoms with Gasteiger partial charge in [-0.2, -0.15) is 5.10 Å². The van der Waals surface area contributed by atoms with Crippen molar-refractivity contribution in [3.8, 4) is 10.6 Å². The number of thiazole rings is 1. The van der Waals surface area contributed by atoms with Gasteiger partial charge in [-0.3, -0.25) is 25.2 Å². The lowest BCUT2D eigenvalue weighted by molar-refractivity contribution is -0.119. The molecule has 0 spiro atoms. The van der Waals surface area contributed by atoms with E-state index in [1.54, 1.807) is 25.1 Å². The highest BCUT2D eigenvalue weighted by Gasteiger charge is 2.26. The van der Waals surface area contributed by atoms with Crippen LogP contribution in [0.25, 0.3) is 10.6 Å². The van der Waals surface area contributed by atoms with E-state index >= 15 is 0 Å². The van der Waals surface area contributed by atoms with Crippen molar-refractivity contribution < 1.29 is 14.4 Å². The van der Waals surface area contributed by atoms with Crippen LogP contribution in [0.2, 0.25) is 5.02 Å². The van der Waals surface area contributed by atoms with Gasteiger partial charge in [-0.15, -0.1) is 11.3 Å². The molecule has 3 aromatic rings. The number of hydrogen-bond donors (Lipinski definition) is 2. The van der Waals surface area contributed by atoms with Gasteiger partial charge in [-0.05, 0) is 31.5 Å². The van der Waals surface area contributed by atoms with E-state index in [1.165, 1.54) is 11.3 Å². The fourth-order valence-corrected chi connectivity index (χ4v) is 4.33. The highest BCUT2D eigenvalue weighted by Crippen LogP contribution is 2.28. The van der Waals surface area contributed by atoms with Crippen LogP contribution in [0.5, 0.6) is 0 Å². The van der Waals surface area contributed by atoms with Crippen molar-refractivity contribution in [1.82, 2.24) is 15.8 Å². The highest BCUT2D eigenvalue weighted by molar-refractivity contribution is 7.17. The van der Waals surface area contributed by atoms with Crippen molar-refractivity contribution >= 4 is 52.1 Å². The van der Waals surface area contributed by atoms with Gasteiger partial charge in [0, 0.05) is 23.4 Å². The number of hydrazone groups is 1. The number of anilines is 1. The third-order valence-corrected chi connectivity index (χ3v) is 6.62. The van der Waals surface area contributed by atoms with Crippen LogP contribution in [0.15, 0.2) is 53.6 Å². The van der Waals surface area contributed by atoms with Gasteiger partial charge in [0.25, 0.3) is 11.8 Å². The molecule has 0 aliphatic carbocycles. The smallest absolute Gasteiger partial charge is 0.273 e. The zero-order chi connectivity index (χ0) is 23.5. The van der Waals surface area contributed by atoms with E-state index in [9.17, 15) is 14.4 Å². The number of aryl methyl sites for hydroxylation is 2. The van der Waals surface area contributed by atoms with Crippen LogP contribution < -0.4 is 15.9 Å². The lowest BCUT2D eigenvalue weighted by Gasteiger charge is -2.23. The number of nitrogens with zero attached hydrogens (tertiary/aromatic N) is 3. The van der Waals surface area contributed by atoms with Gasteiger partial charge in [0.05, 0.1) is 11.4 Å². The van der Waals surface area contributed by atoms with Gasteiger partial charge < -0.3 is 0 Å². The second kappa shape index (κ2) is 9.51. The number of nitrogens with one attached hydrogen (secondary N) is 2. The fourth-order valence-electron chi connectivity index (χ4n) is 3.19. The van der Waals surface area contributed by atoms with E-state index in [1.807, 2.05) is 37.3 Å². The first-order valence-electron chi connectivity index (χ1n) is 10.1. The summed E-state index contributed by atoms with van der Waals surface area (Å²) in [5, 5.41) is 6.55. The van der Waals surface area contributed by atoms with Crippen molar-refractivity contribution in [2.24, 2.45) is 5.10 Å². The molecule has 8 nitrogen and oxygen atoms in total. The van der Waals surface area contributed by atoms with Crippen LogP contribution in [0.4, 0.5) is 5.69 Å². The normalized spacial score (nSPS) is 13.5. The van der Waals surface area contributed by atoms with Crippen LogP contribution in [-0.4, -0.2) is 28.4 Å². The molecule has 2 aromatic carbocycles. The quantitative estimate of drug-likeness (QED) is 0.549. The molecule has 2 heterocycles.